The zero-order valence-electron chi connectivity index (χ0n) is 9.84. The maximum absolute atomic E-state index is 10.6. The van der Waals surface area contributed by atoms with Crippen LogP contribution < -0.4 is 0 Å². The molecule has 1 atom stereocenters. The lowest BCUT2D eigenvalue weighted by atomic mass is 10.1. The molecule has 17 heavy (non-hydrogen) atoms. The van der Waals surface area contributed by atoms with E-state index in [2.05, 4.69) is 6.07 Å². The van der Waals surface area contributed by atoms with Crippen LogP contribution in [0.2, 0.25) is 0 Å². The van der Waals surface area contributed by atoms with Crippen LogP contribution in [0.3, 0.4) is 0 Å². The first-order valence-corrected chi connectivity index (χ1v) is 5.59. The third-order valence-electron chi connectivity index (χ3n) is 2.62. The van der Waals surface area contributed by atoms with E-state index in [1.165, 1.54) is 0 Å². The second-order valence-electron chi connectivity index (χ2n) is 3.71. The predicted molar refractivity (Wildman–Crippen MR) is 64.3 cm³/mol. The van der Waals surface area contributed by atoms with Crippen LogP contribution in [0.25, 0.3) is 0 Å². The Labute approximate surface area is 101 Å². The van der Waals surface area contributed by atoms with Gasteiger partial charge in [0, 0.05) is 6.54 Å². The molecular weight excluding hydrogens is 216 g/mol. The number of nitrogens with zero attached hydrogens (tertiary/aromatic N) is 2. The smallest absolute Gasteiger partial charge is 0.304 e. The molecule has 0 fully saturated rings. The second-order valence-corrected chi connectivity index (χ2v) is 3.71. The van der Waals surface area contributed by atoms with Gasteiger partial charge in [-0.25, -0.2) is 0 Å². The van der Waals surface area contributed by atoms with Gasteiger partial charge in [0.05, 0.1) is 12.5 Å². The Morgan fingerprint density at radius 2 is 2.12 bits per heavy atom. The molecule has 1 unspecified atom stereocenters. The van der Waals surface area contributed by atoms with Crippen molar-refractivity contribution in [1.82, 2.24) is 4.90 Å². The van der Waals surface area contributed by atoms with Crippen LogP contribution in [-0.2, 0) is 4.79 Å². The summed E-state index contributed by atoms with van der Waals surface area (Å²) in [6.45, 7) is 2.97. The minimum Gasteiger partial charge on any atom is -0.481 e. The highest BCUT2D eigenvalue weighted by Gasteiger charge is 2.18. The minimum absolute atomic E-state index is 0.0544. The second kappa shape index (κ2) is 6.66. The van der Waals surface area contributed by atoms with Crippen molar-refractivity contribution >= 4 is 5.97 Å². The van der Waals surface area contributed by atoms with Crippen molar-refractivity contribution in [2.24, 2.45) is 0 Å². The predicted octanol–water partition coefficient (Wildman–Crippen LogP) is 2.05. The van der Waals surface area contributed by atoms with Gasteiger partial charge in [0.25, 0.3) is 0 Å². The summed E-state index contributed by atoms with van der Waals surface area (Å²) < 4.78 is 0. The van der Waals surface area contributed by atoms with Crippen LogP contribution in [0.15, 0.2) is 30.3 Å². The Hall–Kier alpha value is -1.86. The first-order valence-electron chi connectivity index (χ1n) is 5.59. The summed E-state index contributed by atoms with van der Waals surface area (Å²) in [5.74, 6) is -0.840. The molecule has 1 N–H and O–H groups in total. The Morgan fingerprint density at radius 1 is 1.47 bits per heavy atom. The summed E-state index contributed by atoms with van der Waals surface area (Å²) >= 11 is 0. The lowest BCUT2D eigenvalue weighted by molar-refractivity contribution is -0.137. The van der Waals surface area contributed by atoms with Crippen molar-refractivity contribution in [3.05, 3.63) is 35.9 Å². The third-order valence-corrected chi connectivity index (χ3v) is 2.62. The van der Waals surface area contributed by atoms with E-state index >= 15 is 0 Å². The standard InChI is InChI=1S/C13H16N2O2/c1-2-15(9-8-13(16)17)12(10-14)11-6-4-3-5-7-11/h3-7,12H,2,8-9H2,1H3,(H,16,17). The topological polar surface area (TPSA) is 64.3 Å². The van der Waals surface area contributed by atoms with Gasteiger partial charge >= 0.3 is 5.97 Å². The fourth-order valence-corrected chi connectivity index (χ4v) is 1.71. The number of hydrogen-bond acceptors (Lipinski definition) is 3. The van der Waals surface area contributed by atoms with E-state index < -0.39 is 5.97 Å². The molecule has 0 heterocycles. The van der Waals surface area contributed by atoms with E-state index in [4.69, 9.17) is 5.11 Å². The van der Waals surface area contributed by atoms with Crippen LogP contribution in [0, 0.1) is 11.3 Å². The SMILES string of the molecule is CCN(CCC(=O)O)C(C#N)c1ccccc1. The van der Waals surface area contributed by atoms with E-state index in [1.54, 1.807) is 0 Å². The van der Waals surface area contributed by atoms with Gasteiger partial charge in [0.1, 0.15) is 6.04 Å². The van der Waals surface area contributed by atoms with Crippen molar-refractivity contribution in [3.63, 3.8) is 0 Å². The van der Waals surface area contributed by atoms with Crippen LogP contribution in [-0.4, -0.2) is 29.1 Å². The highest BCUT2D eigenvalue weighted by Crippen LogP contribution is 2.19. The number of rotatable bonds is 6. The highest BCUT2D eigenvalue weighted by molar-refractivity contribution is 5.66. The first-order chi connectivity index (χ1) is 8.19. The number of carboxylic acid groups (broad SMARTS) is 1. The molecule has 0 aliphatic carbocycles. The molecule has 1 rings (SSSR count). The number of carbonyl (C=O) groups is 1. The molecule has 90 valence electrons. The quantitative estimate of drug-likeness (QED) is 0.815. The maximum Gasteiger partial charge on any atom is 0.304 e. The zero-order chi connectivity index (χ0) is 12.7. The Balaban J connectivity index is 2.78. The van der Waals surface area contributed by atoms with Crippen molar-refractivity contribution in [2.75, 3.05) is 13.1 Å². The molecule has 0 saturated carbocycles. The third kappa shape index (κ3) is 3.89. The van der Waals surface area contributed by atoms with Gasteiger partial charge in [-0.15, -0.1) is 0 Å². The molecule has 0 bridgehead atoms. The number of benzene rings is 1. The lowest BCUT2D eigenvalue weighted by Crippen LogP contribution is -2.30. The molecule has 0 saturated heterocycles. The molecule has 0 aliphatic heterocycles. The summed E-state index contributed by atoms with van der Waals surface area (Å²) in [6, 6.07) is 11.3. The first kappa shape index (κ1) is 13.2. The van der Waals surface area contributed by atoms with Crippen LogP contribution in [0.1, 0.15) is 24.9 Å². The highest BCUT2D eigenvalue weighted by atomic mass is 16.4. The Morgan fingerprint density at radius 3 is 2.59 bits per heavy atom. The Bertz CT molecular complexity index is 398. The van der Waals surface area contributed by atoms with Crippen molar-refractivity contribution in [1.29, 1.82) is 5.26 Å². The van der Waals surface area contributed by atoms with Crippen molar-refractivity contribution in [3.8, 4) is 6.07 Å². The van der Waals surface area contributed by atoms with E-state index in [1.807, 2.05) is 42.2 Å². The summed E-state index contributed by atoms with van der Waals surface area (Å²) in [5.41, 5.74) is 0.905. The number of carboxylic acids is 1. The van der Waals surface area contributed by atoms with E-state index in [0.29, 0.717) is 13.1 Å². The van der Waals surface area contributed by atoms with Gasteiger partial charge in [-0.1, -0.05) is 37.3 Å². The van der Waals surface area contributed by atoms with Gasteiger partial charge in [-0.3, -0.25) is 9.69 Å². The number of hydrogen-bond donors (Lipinski definition) is 1. The minimum atomic E-state index is -0.840. The van der Waals surface area contributed by atoms with Gasteiger partial charge < -0.3 is 5.11 Å². The normalized spacial score (nSPS) is 12.1. The Kier molecular flexibility index (Phi) is 5.18. The van der Waals surface area contributed by atoms with E-state index in [0.717, 1.165) is 5.56 Å². The number of nitriles is 1. The monoisotopic (exact) mass is 232 g/mol. The molecular formula is C13H16N2O2. The van der Waals surface area contributed by atoms with Gasteiger partial charge in [0.2, 0.25) is 0 Å². The summed E-state index contributed by atoms with van der Waals surface area (Å²) in [7, 11) is 0. The average molecular weight is 232 g/mol. The lowest BCUT2D eigenvalue weighted by Gasteiger charge is -2.25. The largest absolute Gasteiger partial charge is 0.481 e. The average Bonchev–Trinajstić information content (AvgIpc) is 2.35. The van der Waals surface area contributed by atoms with Gasteiger partial charge in [0.15, 0.2) is 0 Å². The molecule has 1 aromatic carbocycles. The molecule has 0 aromatic heterocycles. The summed E-state index contributed by atoms with van der Waals surface area (Å²) in [6.07, 6.45) is 0.0544. The van der Waals surface area contributed by atoms with Crippen LogP contribution in [0.5, 0.6) is 0 Å². The fourth-order valence-electron chi connectivity index (χ4n) is 1.71. The van der Waals surface area contributed by atoms with E-state index in [9.17, 15) is 10.1 Å². The van der Waals surface area contributed by atoms with Gasteiger partial charge in [-0.05, 0) is 12.1 Å². The summed E-state index contributed by atoms with van der Waals surface area (Å²) in [5, 5.41) is 17.9. The number of aliphatic carboxylic acids is 1. The summed E-state index contributed by atoms with van der Waals surface area (Å²) in [4.78, 5) is 12.4. The molecule has 1 aromatic rings. The molecule has 0 radical (unpaired) electrons. The fraction of sp³-hybridized carbons (Fsp3) is 0.385. The molecule has 0 aliphatic rings. The maximum atomic E-state index is 10.6. The van der Waals surface area contributed by atoms with Crippen LogP contribution in [0.4, 0.5) is 0 Å². The van der Waals surface area contributed by atoms with Crippen LogP contribution >= 0.6 is 0 Å². The molecule has 4 nitrogen and oxygen atoms in total. The molecule has 4 heteroatoms. The van der Waals surface area contributed by atoms with Crippen molar-refractivity contribution in [2.45, 2.75) is 19.4 Å². The molecule has 0 amide bonds. The zero-order valence-corrected chi connectivity index (χ0v) is 9.84. The molecule has 0 spiro atoms. The van der Waals surface area contributed by atoms with E-state index in [-0.39, 0.29) is 12.5 Å². The van der Waals surface area contributed by atoms with Gasteiger partial charge in [-0.2, -0.15) is 5.26 Å². The van der Waals surface area contributed by atoms with Crippen molar-refractivity contribution < 1.29 is 9.90 Å².